The Morgan fingerprint density at radius 1 is 1.18 bits per heavy atom. The number of hydrogen-bond donors (Lipinski definition) is 1. The van der Waals surface area contributed by atoms with Crippen LogP contribution in [0.5, 0.6) is 0 Å². The summed E-state index contributed by atoms with van der Waals surface area (Å²) >= 11 is 6.11. The van der Waals surface area contributed by atoms with E-state index in [9.17, 15) is 9.59 Å². The molecule has 1 saturated heterocycles. The van der Waals surface area contributed by atoms with Crippen LogP contribution in [0, 0.1) is 5.92 Å². The topological polar surface area (TPSA) is 67.2 Å². The molecule has 2 atom stereocenters. The number of nitrogens with one attached hydrogen (secondary N) is 1. The average Bonchev–Trinajstić information content (AvgIpc) is 3.27. The van der Waals surface area contributed by atoms with Gasteiger partial charge in [-0.2, -0.15) is 5.10 Å². The molecule has 1 aliphatic rings. The normalized spacial score (nSPS) is 19.1. The van der Waals surface area contributed by atoms with Crippen LogP contribution in [0.1, 0.15) is 18.0 Å². The van der Waals surface area contributed by atoms with Crippen molar-refractivity contribution in [3.63, 3.8) is 0 Å². The maximum atomic E-state index is 13.0. The first-order chi connectivity index (χ1) is 13.5. The van der Waals surface area contributed by atoms with Crippen LogP contribution in [0.15, 0.2) is 67.0 Å². The molecule has 2 unspecified atom stereocenters. The number of halogens is 1. The molecule has 142 valence electrons. The summed E-state index contributed by atoms with van der Waals surface area (Å²) < 4.78 is 1.69. The fraction of sp³-hybridized carbons (Fsp3) is 0.190. The van der Waals surface area contributed by atoms with Gasteiger partial charge in [0.15, 0.2) is 0 Å². The standard InChI is InChI=1S/C21H19ClN4O2/c1-25-19(27)11-18(20(25)14-6-5-7-15(22)10-14)21(28)24-16-12-23-26(13-16)17-8-3-2-4-9-17/h2-10,12-13,18,20H,11H2,1H3,(H,24,28). The summed E-state index contributed by atoms with van der Waals surface area (Å²) in [5.74, 6) is -0.781. The van der Waals surface area contributed by atoms with Crippen LogP contribution in [-0.2, 0) is 9.59 Å². The minimum Gasteiger partial charge on any atom is -0.338 e. The maximum Gasteiger partial charge on any atom is 0.230 e. The van der Waals surface area contributed by atoms with E-state index in [-0.39, 0.29) is 24.3 Å². The zero-order valence-electron chi connectivity index (χ0n) is 15.2. The highest BCUT2D eigenvalue weighted by Crippen LogP contribution is 2.38. The summed E-state index contributed by atoms with van der Waals surface area (Å²) in [6.45, 7) is 0. The molecular weight excluding hydrogens is 376 g/mol. The maximum absolute atomic E-state index is 13.0. The minimum absolute atomic E-state index is 0.0647. The van der Waals surface area contributed by atoms with Gasteiger partial charge in [0.25, 0.3) is 0 Å². The van der Waals surface area contributed by atoms with Gasteiger partial charge in [-0.3, -0.25) is 9.59 Å². The quantitative estimate of drug-likeness (QED) is 0.733. The van der Waals surface area contributed by atoms with Crippen molar-refractivity contribution in [3.8, 4) is 5.69 Å². The van der Waals surface area contributed by atoms with E-state index in [1.165, 1.54) is 0 Å². The highest BCUT2D eigenvalue weighted by Gasteiger charge is 2.42. The lowest BCUT2D eigenvalue weighted by molar-refractivity contribution is -0.127. The van der Waals surface area contributed by atoms with Crippen molar-refractivity contribution in [3.05, 3.63) is 77.6 Å². The molecule has 0 spiro atoms. The molecule has 1 N–H and O–H groups in total. The first kappa shape index (κ1) is 18.3. The van der Waals surface area contributed by atoms with E-state index >= 15 is 0 Å². The number of para-hydroxylation sites is 1. The Balaban J connectivity index is 1.55. The third kappa shape index (κ3) is 3.51. The lowest BCUT2D eigenvalue weighted by atomic mass is 9.93. The number of aromatic nitrogens is 2. The largest absolute Gasteiger partial charge is 0.338 e. The first-order valence-electron chi connectivity index (χ1n) is 8.95. The molecule has 7 heteroatoms. The number of amides is 2. The lowest BCUT2D eigenvalue weighted by Gasteiger charge is -2.25. The molecule has 1 aliphatic heterocycles. The molecule has 28 heavy (non-hydrogen) atoms. The van der Waals surface area contributed by atoms with Gasteiger partial charge in [0.1, 0.15) is 0 Å². The van der Waals surface area contributed by atoms with Crippen LogP contribution in [0.2, 0.25) is 5.02 Å². The van der Waals surface area contributed by atoms with Crippen molar-refractivity contribution >= 4 is 29.1 Å². The Bertz CT molecular complexity index is 1020. The van der Waals surface area contributed by atoms with Gasteiger partial charge in [-0.15, -0.1) is 0 Å². The molecule has 1 fully saturated rings. The van der Waals surface area contributed by atoms with Crippen LogP contribution >= 0.6 is 11.6 Å². The highest BCUT2D eigenvalue weighted by molar-refractivity contribution is 6.30. The number of hydrogen-bond acceptors (Lipinski definition) is 3. The van der Waals surface area contributed by atoms with Crippen molar-refractivity contribution in [1.29, 1.82) is 0 Å². The molecule has 1 aromatic heterocycles. The van der Waals surface area contributed by atoms with E-state index in [1.54, 1.807) is 41.2 Å². The molecule has 2 aromatic carbocycles. The molecule has 0 radical (unpaired) electrons. The van der Waals surface area contributed by atoms with Crippen molar-refractivity contribution < 1.29 is 9.59 Å². The molecule has 3 aromatic rings. The molecule has 6 nitrogen and oxygen atoms in total. The Morgan fingerprint density at radius 2 is 1.96 bits per heavy atom. The van der Waals surface area contributed by atoms with Gasteiger partial charge in [-0.05, 0) is 29.8 Å². The second-order valence-corrected chi connectivity index (χ2v) is 7.25. The number of benzene rings is 2. The molecule has 2 amide bonds. The van der Waals surface area contributed by atoms with Crippen molar-refractivity contribution in [2.45, 2.75) is 12.5 Å². The van der Waals surface area contributed by atoms with Crippen LogP contribution in [0.3, 0.4) is 0 Å². The fourth-order valence-electron chi connectivity index (χ4n) is 3.60. The van der Waals surface area contributed by atoms with E-state index < -0.39 is 5.92 Å². The summed E-state index contributed by atoms with van der Waals surface area (Å²) in [6, 6.07) is 16.6. The van der Waals surface area contributed by atoms with E-state index in [4.69, 9.17) is 11.6 Å². The molecule has 0 saturated carbocycles. The molecule has 0 aliphatic carbocycles. The van der Waals surface area contributed by atoms with Gasteiger partial charge >= 0.3 is 0 Å². The summed E-state index contributed by atoms with van der Waals surface area (Å²) in [5, 5.41) is 7.76. The monoisotopic (exact) mass is 394 g/mol. The van der Waals surface area contributed by atoms with Gasteiger partial charge in [0.2, 0.25) is 11.8 Å². The van der Waals surface area contributed by atoms with Gasteiger partial charge in [-0.1, -0.05) is 41.9 Å². The second kappa shape index (κ2) is 7.48. The Labute approximate surface area is 167 Å². The summed E-state index contributed by atoms with van der Waals surface area (Å²) in [5.41, 5.74) is 2.33. The van der Waals surface area contributed by atoms with Crippen molar-refractivity contribution in [2.75, 3.05) is 12.4 Å². The van der Waals surface area contributed by atoms with Crippen molar-refractivity contribution in [1.82, 2.24) is 14.7 Å². The van der Waals surface area contributed by atoms with Crippen molar-refractivity contribution in [2.24, 2.45) is 5.92 Å². The number of nitrogens with zero attached hydrogens (tertiary/aromatic N) is 3. The van der Waals surface area contributed by atoms with Gasteiger partial charge < -0.3 is 10.2 Å². The molecule has 4 rings (SSSR count). The number of likely N-dealkylation sites (tertiary alicyclic amines) is 1. The second-order valence-electron chi connectivity index (χ2n) is 6.81. The van der Waals surface area contributed by atoms with E-state index in [0.717, 1.165) is 11.3 Å². The predicted molar refractivity (Wildman–Crippen MR) is 107 cm³/mol. The summed E-state index contributed by atoms with van der Waals surface area (Å²) in [4.78, 5) is 26.9. The van der Waals surface area contributed by atoms with E-state index in [2.05, 4.69) is 10.4 Å². The highest BCUT2D eigenvalue weighted by atomic mass is 35.5. The summed E-state index contributed by atoms with van der Waals surface area (Å²) in [6.07, 6.45) is 3.51. The zero-order chi connectivity index (χ0) is 19.7. The minimum atomic E-state index is -0.504. The SMILES string of the molecule is CN1C(=O)CC(C(=O)Nc2cnn(-c3ccccc3)c2)C1c1cccc(Cl)c1. The smallest absolute Gasteiger partial charge is 0.230 e. The van der Waals surface area contributed by atoms with Crippen LogP contribution < -0.4 is 5.32 Å². The predicted octanol–water partition coefficient (Wildman–Crippen LogP) is 3.68. The molecule has 2 heterocycles. The molecular formula is C21H19ClN4O2. The zero-order valence-corrected chi connectivity index (χ0v) is 16.0. The van der Waals surface area contributed by atoms with Gasteiger partial charge in [0.05, 0.1) is 35.7 Å². The van der Waals surface area contributed by atoms with Gasteiger partial charge in [-0.25, -0.2) is 4.68 Å². The fourth-order valence-corrected chi connectivity index (χ4v) is 3.79. The Hall–Kier alpha value is -3.12. The average molecular weight is 395 g/mol. The Kier molecular flexibility index (Phi) is 4.88. The summed E-state index contributed by atoms with van der Waals surface area (Å²) in [7, 11) is 1.72. The number of rotatable bonds is 4. The third-order valence-electron chi connectivity index (χ3n) is 4.98. The first-order valence-corrected chi connectivity index (χ1v) is 9.33. The number of anilines is 1. The third-order valence-corrected chi connectivity index (χ3v) is 5.22. The van der Waals surface area contributed by atoms with E-state index in [0.29, 0.717) is 10.7 Å². The Morgan fingerprint density at radius 3 is 2.71 bits per heavy atom. The lowest BCUT2D eigenvalue weighted by Crippen LogP contribution is -2.29. The van der Waals surface area contributed by atoms with Crippen LogP contribution in [-0.4, -0.2) is 33.5 Å². The molecule has 0 bridgehead atoms. The van der Waals surface area contributed by atoms with Crippen LogP contribution in [0.25, 0.3) is 5.69 Å². The number of carbonyl (C=O) groups is 2. The van der Waals surface area contributed by atoms with E-state index in [1.807, 2.05) is 42.5 Å². The van der Waals surface area contributed by atoms with Gasteiger partial charge in [0, 0.05) is 18.5 Å². The number of carbonyl (C=O) groups excluding carboxylic acids is 2. The van der Waals surface area contributed by atoms with Crippen LogP contribution in [0.4, 0.5) is 5.69 Å².